The number of nitriles is 1. The molecule has 1 aliphatic heterocycles. The molecule has 0 saturated heterocycles. The van der Waals surface area contributed by atoms with Crippen LogP contribution >= 0.6 is 0 Å². The van der Waals surface area contributed by atoms with Crippen molar-refractivity contribution in [3.63, 3.8) is 0 Å². The summed E-state index contributed by atoms with van der Waals surface area (Å²) in [5.41, 5.74) is 1.14. The van der Waals surface area contributed by atoms with Crippen molar-refractivity contribution in [2.45, 2.75) is 26.3 Å². The van der Waals surface area contributed by atoms with Crippen LogP contribution in [0.1, 0.15) is 20.3 Å². The van der Waals surface area contributed by atoms with Gasteiger partial charge in [0.25, 0.3) is 0 Å². The number of rotatable bonds is 2. The van der Waals surface area contributed by atoms with E-state index in [1.54, 1.807) is 0 Å². The molecule has 0 aromatic heterocycles. The molecule has 1 heterocycles. The molecular formula is C10H17N3. The third kappa shape index (κ3) is 2.38. The standard InChI is InChI=1S/C10H17N3/c1-9(2)13-7-6-12(3)8-10(13)4-5-11/h8-9H,4,6-7H2,1-3H3. The van der Waals surface area contributed by atoms with E-state index in [-0.39, 0.29) is 0 Å². The van der Waals surface area contributed by atoms with Gasteiger partial charge in [-0.25, -0.2) is 0 Å². The number of hydrogen-bond donors (Lipinski definition) is 0. The maximum absolute atomic E-state index is 8.67. The van der Waals surface area contributed by atoms with Crippen LogP contribution in [-0.4, -0.2) is 36.0 Å². The van der Waals surface area contributed by atoms with Gasteiger partial charge in [0, 0.05) is 38.1 Å². The Hall–Kier alpha value is -1.17. The van der Waals surface area contributed by atoms with Gasteiger partial charge < -0.3 is 9.80 Å². The molecule has 0 aromatic rings. The predicted octanol–water partition coefficient (Wildman–Crippen LogP) is 1.40. The van der Waals surface area contributed by atoms with E-state index in [1.165, 1.54) is 0 Å². The summed E-state index contributed by atoms with van der Waals surface area (Å²) < 4.78 is 0. The van der Waals surface area contributed by atoms with Crippen molar-refractivity contribution in [2.75, 3.05) is 20.1 Å². The van der Waals surface area contributed by atoms with Crippen molar-refractivity contribution < 1.29 is 0 Å². The minimum Gasteiger partial charge on any atom is -0.377 e. The van der Waals surface area contributed by atoms with Crippen molar-refractivity contribution in [3.8, 4) is 6.07 Å². The lowest BCUT2D eigenvalue weighted by atomic mass is 10.2. The molecule has 1 rings (SSSR count). The Bertz CT molecular complexity index is 237. The van der Waals surface area contributed by atoms with Gasteiger partial charge in [-0.15, -0.1) is 0 Å². The third-order valence-corrected chi connectivity index (χ3v) is 2.32. The van der Waals surface area contributed by atoms with Crippen molar-refractivity contribution in [2.24, 2.45) is 0 Å². The average molecular weight is 179 g/mol. The summed E-state index contributed by atoms with van der Waals surface area (Å²) in [4.78, 5) is 4.44. The fourth-order valence-electron chi connectivity index (χ4n) is 1.62. The predicted molar refractivity (Wildman–Crippen MR) is 52.8 cm³/mol. The van der Waals surface area contributed by atoms with E-state index >= 15 is 0 Å². The van der Waals surface area contributed by atoms with Gasteiger partial charge in [-0.1, -0.05) is 0 Å². The van der Waals surface area contributed by atoms with Gasteiger partial charge in [-0.2, -0.15) is 5.26 Å². The topological polar surface area (TPSA) is 30.3 Å². The van der Waals surface area contributed by atoms with Crippen LogP contribution in [0.5, 0.6) is 0 Å². The Morgan fingerprint density at radius 1 is 1.54 bits per heavy atom. The molecule has 3 heteroatoms. The Kier molecular flexibility index (Phi) is 3.18. The van der Waals surface area contributed by atoms with Gasteiger partial charge in [-0.3, -0.25) is 0 Å². The highest BCUT2D eigenvalue weighted by molar-refractivity contribution is 5.10. The zero-order chi connectivity index (χ0) is 9.84. The molecule has 0 aliphatic carbocycles. The Morgan fingerprint density at radius 3 is 2.77 bits per heavy atom. The van der Waals surface area contributed by atoms with Crippen LogP contribution < -0.4 is 0 Å². The first-order valence-corrected chi connectivity index (χ1v) is 4.69. The molecule has 0 bridgehead atoms. The number of hydrogen-bond acceptors (Lipinski definition) is 3. The summed E-state index contributed by atoms with van der Waals surface area (Å²) >= 11 is 0. The van der Waals surface area contributed by atoms with Gasteiger partial charge in [0.15, 0.2) is 0 Å². The van der Waals surface area contributed by atoms with Crippen molar-refractivity contribution in [3.05, 3.63) is 11.9 Å². The molecule has 0 N–H and O–H groups in total. The van der Waals surface area contributed by atoms with E-state index in [0.29, 0.717) is 12.5 Å². The summed E-state index contributed by atoms with van der Waals surface area (Å²) in [5, 5.41) is 8.67. The average Bonchev–Trinajstić information content (AvgIpc) is 2.04. The summed E-state index contributed by atoms with van der Waals surface area (Å²) in [6, 6.07) is 2.70. The molecule has 0 saturated carbocycles. The lowest BCUT2D eigenvalue weighted by molar-refractivity contribution is 0.221. The fourth-order valence-corrected chi connectivity index (χ4v) is 1.62. The maximum atomic E-state index is 8.67. The minimum atomic E-state index is 0.494. The molecule has 3 nitrogen and oxygen atoms in total. The number of allylic oxidation sites excluding steroid dienone is 1. The maximum Gasteiger partial charge on any atom is 0.0766 e. The first-order valence-electron chi connectivity index (χ1n) is 4.69. The van der Waals surface area contributed by atoms with E-state index in [0.717, 1.165) is 18.8 Å². The van der Waals surface area contributed by atoms with Crippen molar-refractivity contribution in [1.82, 2.24) is 9.80 Å². The second kappa shape index (κ2) is 4.18. The van der Waals surface area contributed by atoms with E-state index in [2.05, 4.69) is 43.0 Å². The van der Waals surface area contributed by atoms with Gasteiger partial charge in [0.1, 0.15) is 0 Å². The summed E-state index contributed by atoms with van der Waals surface area (Å²) in [6.45, 7) is 6.40. The van der Waals surface area contributed by atoms with E-state index < -0.39 is 0 Å². The van der Waals surface area contributed by atoms with Gasteiger partial charge >= 0.3 is 0 Å². The third-order valence-electron chi connectivity index (χ3n) is 2.32. The van der Waals surface area contributed by atoms with E-state index in [9.17, 15) is 0 Å². The first-order chi connectivity index (χ1) is 6.15. The number of nitrogens with zero attached hydrogens (tertiary/aromatic N) is 3. The molecule has 1 aliphatic rings. The second-order valence-electron chi connectivity index (χ2n) is 3.72. The molecule has 72 valence electrons. The Morgan fingerprint density at radius 2 is 2.23 bits per heavy atom. The monoisotopic (exact) mass is 179 g/mol. The molecule has 0 fully saturated rings. The lowest BCUT2D eigenvalue weighted by Crippen LogP contribution is -2.40. The Labute approximate surface area is 80.2 Å². The van der Waals surface area contributed by atoms with E-state index in [4.69, 9.17) is 5.26 Å². The zero-order valence-corrected chi connectivity index (χ0v) is 8.62. The smallest absolute Gasteiger partial charge is 0.0766 e. The molecule has 0 amide bonds. The van der Waals surface area contributed by atoms with Gasteiger partial charge in [-0.05, 0) is 13.8 Å². The summed E-state index contributed by atoms with van der Waals surface area (Å²) in [7, 11) is 2.05. The van der Waals surface area contributed by atoms with Crippen molar-refractivity contribution in [1.29, 1.82) is 5.26 Å². The van der Waals surface area contributed by atoms with Crippen LogP contribution in [0.25, 0.3) is 0 Å². The highest BCUT2D eigenvalue weighted by Gasteiger charge is 2.17. The van der Waals surface area contributed by atoms with Crippen LogP contribution in [0.4, 0.5) is 0 Å². The largest absolute Gasteiger partial charge is 0.377 e. The van der Waals surface area contributed by atoms with Crippen LogP contribution in [-0.2, 0) is 0 Å². The SMILES string of the molecule is CC(C)N1CCN(C)C=C1CC#N. The van der Waals surface area contributed by atoms with Gasteiger partial charge in [0.05, 0.1) is 12.5 Å². The molecule has 0 radical (unpaired) electrons. The van der Waals surface area contributed by atoms with Gasteiger partial charge in [0.2, 0.25) is 0 Å². The van der Waals surface area contributed by atoms with E-state index in [1.807, 2.05) is 0 Å². The fraction of sp³-hybridized carbons (Fsp3) is 0.700. The van der Waals surface area contributed by atoms with Crippen LogP contribution in [0.2, 0.25) is 0 Å². The molecular weight excluding hydrogens is 162 g/mol. The second-order valence-corrected chi connectivity index (χ2v) is 3.72. The van der Waals surface area contributed by atoms with Crippen LogP contribution in [0.3, 0.4) is 0 Å². The molecule has 0 unspecified atom stereocenters. The zero-order valence-electron chi connectivity index (χ0n) is 8.62. The molecule has 0 aromatic carbocycles. The highest BCUT2D eigenvalue weighted by atomic mass is 15.2. The van der Waals surface area contributed by atoms with Crippen LogP contribution in [0, 0.1) is 11.3 Å². The first kappa shape index (κ1) is 9.91. The lowest BCUT2D eigenvalue weighted by Gasteiger charge is -2.36. The quantitative estimate of drug-likeness (QED) is 0.642. The minimum absolute atomic E-state index is 0.494. The normalized spacial score (nSPS) is 17.3. The highest BCUT2D eigenvalue weighted by Crippen LogP contribution is 2.17. The number of likely N-dealkylation sites (N-methyl/N-ethyl adjacent to an activating group) is 1. The Balaban J connectivity index is 2.75. The molecule has 0 spiro atoms. The molecule has 0 atom stereocenters. The summed E-state index contributed by atoms with van der Waals surface area (Å²) in [6.07, 6.45) is 2.59. The molecule has 13 heavy (non-hydrogen) atoms. The van der Waals surface area contributed by atoms with Crippen LogP contribution in [0.15, 0.2) is 11.9 Å². The summed E-state index contributed by atoms with van der Waals surface area (Å²) in [5.74, 6) is 0. The van der Waals surface area contributed by atoms with Crippen molar-refractivity contribution >= 4 is 0 Å².